The summed E-state index contributed by atoms with van der Waals surface area (Å²) in [6.45, 7) is 0. The average molecular weight is 176 g/mol. The van der Waals surface area contributed by atoms with E-state index in [0.717, 1.165) is 0 Å². The van der Waals surface area contributed by atoms with E-state index >= 15 is 0 Å². The van der Waals surface area contributed by atoms with E-state index in [9.17, 15) is 0 Å². The first kappa shape index (κ1) is 26700. The maximum absolute atomic E-state index is 0. The first-order chi connectivity index (χ1) is 0. The van der Waals surface area contributed by atoms with Crippen LogP contribution in [0.5, 0.6) is 0 Å². The number of hydrogen-bond acceptors (Lipinski definition) is 0. The summed E-state index contributed by atoms with van der Waals surface area (Å²) in [5.41, 5.74) is 0. The summed E-state index contributed by atoms with van der Waals surface area (Å²) < 4.78 is 0. The third-order valence-corrected chi connectivity index (χ3v) is 0. The smallest absolute Gasteiger partial charge is 0.269 e. The molecule has 0 nitrogen and oxygen atoms in total. The maximum atomic E-state index is 0. The molecular weight excluding hydrogens is 170 g/mol. The van der Waals surface area contributed by atoms with Crippen LogP contribution < -0.4 is 0 Å². The Balaban J connectivity index is 0. The Hall–Kier alpha value is 0.0995. The summed E-state index contributed by atoms with van der Waals surface area (Å²) in [5, 5.41) is 0. The molecule has 0 spiro atoms. The monoisotopic (exact) mass is 176 g/mol. The fourth-order valence-electron chi connectivity index (χ4n) is 0. The molecule has 0 unspecified atom stereocenters. The molecule has 0 aromatic carbocycles. The summed E-state index contributed by atoms with van der Waals surface area (Å²) in [6.07, 6.45) is 0. The first-order valence-electron chi connectivity index (χ1n) is 0. The Morgan fingerprint density at radius 2 is 0.286 bits per heavy atom. The average Bonchev–Trinajstić information content (AvgIpc) is 0. The van der Waals surface area contributed by atoms with E-state index in [4.69, 9.17) is 0 Å². The largest absolute Gasteiger partial charge is 2.00 e. The van der Waals surface area contributed by atoms with Crippen LogP contribution in [0.2, 0.25) is 0 Å². The molecule has 0 aromatic rings. The van der Waals surface area contributed by atoms with Gasteiger partial charge in [0.1, 0.15) is 0 Å². The van der Waals surface area contributed by atoms with Crippen molar-refractivity contribution in [1.29, 1.82) is 0 Å². The number of rotatable bonds is 0. The fraction of sp³-hybridized carbons (Fsp3) is 0. The SMILES string of the molecule is F.F.F.F.F.F.[Fe+2]. The van der Waals surface area contributed by atoms with Crippen LogP contribution in [0.3, 0.4) is 0 Å². The minimum Gasteiger partial charge on any atom is -0.269 e. The number of hydrogen-bond donors (Lipinski definition) is 0. The zero-order chi connectivity index (χ0) is 0. The van der Waals surface area contributed by atoms with Gasteiger partial charge in [-0.25, -0.2) is 0 Å². The van der Waals surface area contributed by atoms with Crippen LogP contribution in [0.1, 0.15) is 0 Å². The topological polar surface area (TPSA) is 0 Å². The number of halogens is 6. The standard InChI is InChI=1S/6FH.Fe/h6*1H;/q;;;;;;+2. The van der Waals surface area contributed by atoms with Crippen molar-refractivity contribution in [2.75, 3.05) is 0 Å². The van der Waals surface area contributed by atoms with Gasteiger partial charge in [0, 0.05) is 0 Å². The van der Waals surface area contributed by atoms with Crippen molar-refractivity contribution >= 4 is 0 Å². The molecule has 0 saturated carbocycles. The van der Waals surface area contributed by atoms with Crippen LogP contribution in [-0.2, 0) is 17.1 Å². The molecule has 0 N–H and O–H groups in total. The minimum atomic E-state index is 0. The molecule has 7 heteroatoms. The van der Waals surface area contributed by atoms with Crippen molar-refractivity contribution in [3.63, 3.8) is 0 Å². The van der Waals surface area contributed by atoms with E-state index < -0.39 is 0 Å². The second-order valence-electron chi connectivity index (χ2n) is 0. The van der Waals surface area contributed by atoms with Crippen molar-refractivity contribution in [3.05, 3.63) is 0 Å². The quantitative estimate of drug-likeness (QED) is 0.380. The first-order valence-corrected chi connectivity index (χ1v) is 0. The molecule has 0 bridgehead atoms. The van der Waals surface area contributed by atoms with Gasteiger partial charge in [-0.05, 0) is 0 Å². The van der Waals surface area contributed by atoms with Gasteiger partial charge in [0.25, 0.3) is 0 Å². The summed E-state index contributed by atoms with van der Waals surface area (Å²) in [7, 11) is 0. The van der Waals surface area contributed by atoms with Crippen LogP contribution in [0, 0.1) is 0 Å². The van der Waals surface area contributed by atoms with Crippen molar-refractivity contribution in [2.45, 2.75) is 0 Å². The molecule has 0 fully saturated rings. The molecule has 0 saturated heterocycles. The third-order valence-electron chi connectivity index (χ3n) is 0. The fourth-order valence-corrected chi connectivity index (χ4v) is 0. The molecule has 0 heterocycles. The van der Waals surface area contributed by atoms with Gasteiger partial charge in [0.05, 0.1) is 0 Å². The maximum Gasteiger partial charge on any atom is 2.00 e. The molecule has 7 heavy (non-hydrogen) atoms. The van der Waals surface area contributed by atoms with Gasteiger partial charge in [-0.3, -0.25) is 28.2 Å². The molecule has 0 rings (SSSR count). The Labute approximate surface area is 46.3 Å². The molecule has 0 radical (unpaired) electrons. The molecular formula is H6F6Fe+2. The van der Waals surface area contributed by atoms with Gasteiger partial charge in [0.15, 0.2) is 0 Å². The van der Waals surface area contributed by atoms with Crippen molar-refractivity contribution in [1.82, 2.24) is 0 Å². The molecule has 0 atom stereocenters. The Kier molecular flexibility index (Phi) is 61100000. The van der Waals surface area contributed by atoms with Crippen molar-refractivity contribution in [2.24, 2.45) is 0 Å². The normalized spacial score (nSPS) is 0. The molecule has 0 aliphatic carbocycles. The van der Waals surface area contributed by atoms with Crippen molar-refractivity contribution in [3.8, 4) is 0 Å². The van der Waals surface area contributed by atoms with Crippen LogP contribution >= 0.6 is 0 Å². The van der Waals surface area contributed by atoms with E-state index in [0.29, 0.717) is 0 Å². The summed E-state index contributed by atoms with van der Waals surface area (Å²) in [5.74, 6) is 0. The van der Waals surface area contributed by atoms with E-state index in [2.05, 4.69) is 0 Å². The Morgan fingerprint density at radius 3 is 0.286 bits per heavy atom. The predicted octanol–water partition coefficient (Wildman–Crippen LogP) is 0.912. The van der Waals surface area contributed by atoms with Crippen molar-refractivity contribution < 1.29 is 45.3 Å². The molecule has 54 valence electrons. The van der Waals surface area contributed by atoms with E-state index in [1.807, 2.05) is 0 Å². The Morgan fingerprint density at radius 1 is 0.286 bits per heavy atom. The van der Waals surface area contributed by atoms with Gasteiger partial charge >= 0.3 is 17.1 Å². The predicted molar refractivity (Wildman–Crippen MR) is 15.0 cm³/mol. The summed E-state index contributed by atoms with van der Waals surface area (Å²) in [4.78, 5) is 0. The van der Waals surface area contributed by atoms with Crippen LogP contribution in [0.4, 0.5) is 28.2 Å². The van der Waals surface area contributed by atoms with Gasteiger partial charge in [0.2, 0.25) is 0 Å². The van der Waals surface area contributed by atoms with E-state index in [1.165, 1.54) is 0 Å². The summed E-state index contributed by atoms with van der Waals surface area (Å²) in [6, 6.07) is 0. The Bertz CT molecular complexity index is 4.14. The second-order valence-corrected chi connectivity index (χ2v) is 0. The van der Waals surface area contributed by atoms with Crippen LogP contribution in [-0.4, -0.2) is 0 Å². The molecule has 0 aliphatic heterocycles. The van der Waals surface area contributed by atoms with E-state index in [-0.39, 0.29) is 45.3 Å². The zero-order valence-corrected chi connectivity index (χ0v) is 3.91. The van der Waals surface area contributed by atoms with Gasteiger partial charge in [-0.1, -0.05) is 0 Å². The van der Waals surface area contributed by atoms with E-state index in [1.54, 1.807) is 0 Å². The van der Waals surface area contributed by atoms with Gasteiger partial charge in [-0.2, -0.15) is 0 Å². The molecule has 0 aliphatic rings. The van der Waals surface area contributed by atoms with Crippen LogP contribution in [0.15, 0.2) is 0 Å². The zero-order valence-electron chi connectivity index (χ0n) is 2.80. The minimum absolute atomic E-state index is 0. The second kappa shape index (κ2) is 16000. The summed E-state index contributed by atoms with van der Waals surface area (Å²) >= 11 is 0. The molecule has 0 amide bonds. The molecule has 0 aromatic heterocycles. The van der Waals surface area contributed by atoms with Gasteiger partial charge in [-0.15, -0.1) is 0 Å². The van der Waals surface area contributed by atoms with Gasteiger partial charge < -0.3 is 0 Å². The van der Waals surface area contributed by atoms with Crippen LogP contribution in [0.25, 0.3) is 0 Å². The third kappa shape index (κ3) is 10400.